The summed E-state index contributed by atoms with van der Waals surface area (Å²) in [6.07, 6.45) is 2.64. The fourth-order valence-electron chi connectivity index (χ4n) is 1.97. The van der Waals surface area contributed by atoms with Crippen LogP contribution in [0.4, 0.5) is 0 Å². The van der Waals surface area contributed by atoms with Crippen LogP contribution in [0.3, 0.4) is 0 Å². The number of halogens is 1. The van der Waals surface area contributed by atoms with Crippen LogP contribution in [0.15, 0.2) is 60.7 Å². The van der Waals surface area contributed by atoms with Crippen LogP contribution in [-0.2, 0) is 0 Å². The second-order valence-corrected chi connectivity index (χ2v) is 5.36. The van der Waals surface area contributed by atoms with E-state index in [0.717, 1.165) is 5.56 Å². The summed E-state index contributed by atoms with van der Waals surface area (Å²) in [6.45, 7) is 1.72. The van der Waals surface area contributed by atoms with Gasteiger partial charge in [-0.05, 0) is 29.8 Å². The second-order valence-electron chi connectivity index (χ2n) is 4.92. The Morgan fingerprint density at radius 1 is 1.10 bits per heavy atom. The third kappa shape index (κ3) is 4.28. The highest BCUT2D eigenvalue weighted by atomic mass is 35.5. The first kappa shape index (κ1) is 15.5. The van der Waals surface area contributed by atoms with Gasteiger partial charge < -0.3 is 5.11 Å². The fourth-order valence-corrected chi connectivity index (χ4v) is 2.10. The van der Waals surface area contributed by atoms with Crippen LogP contribution in [0.5, 0.6) is 0 Å². The summed E-state index contributed by atoms with van der Waals surface area (Å²) in [7, 11) is 0. The topological polar surface area (TPSA) is 37.3 Å². The van der Waals surface area contributed by atoms with Crippen LogP contribution >= 0.6 is 11.6 Å². The van der Waals surface area contributed by atoms with Crippen molar-refractivity contribution in [2.24, 2.45) is 5.92 Å². The Morgan fingerprint density at radius 2 is 1.71 bits per heavy atom. The zero-order valence-corrected chi connectivity index (χ0v) is 12.5. The predicted octanol–water partition coefficient (Wildman–Crippen LogP) is 4.23. The molecule has 0 saturated carbocycles. The molecule has 0 radical (unpaired) electrons. The summed E-state index contributed by atoms with van der Waals surface area (Å²) in [5, 5.41) is 10.7. The molecular formula is C18H17ClO2. The summed E-state index contributed by atoms with van der Waals surface area (Å²) in [5.41, 5.74) is 1.54. The largest absolute Gasteiger partial charge is 0.388 e. The van der Waals surface area contributed by atoms with Crippen LogP contribution in [0.25, 0.3) is 6.08 Å². The van der Waals surface area contributed by atoms with Crippen molar-refractivity contribution < 1.29 is 9.90 Å². The van der Waals surface area contributed by atoms with Gasteiger partial charge in [-0.25, -0.2) is 0 Å². The van der Waals surface area contributed by atoms with Crippen molar-refractivity contribution >= 4 is 23.5 Å². The zero-order chi connectivity index (χ0) is 15.2. The van der Waals surface area contributed by atoms with Gasteiger partial charge in [0.25, 0.3) is 0 Å². The van der Waals surface area contributed by atoms with E-state index < -0.39 is 12.0 Å². The smallest absolute Gasteiger partial charge is 0.168 e. The van der Waals surface area contributed by atoms with E-state index in [1.54, 1.807) is 37.3 Å². The fraction of sp³-hybridized carbons (Fsp3) is 0.167. The SMILES string of the molecule is C[C@H](C(=O)c1ccc(Cl)cc1)[C@H](O)/C=C/c1ccccc1. The maximum atomic E-state index is 12.3. The molecule has 21 heavy (non-hydrogen) atoms. The molecule has 1 N–H and O–H groups in total. The number of aliphatic hydroxyl groups is 1. The molecule has 2 aromatic carbocycles. The van der Waals surface area contributed by atoms with Crippen LogP contribution in [0.2, 0.25) is 5.02 Å². The quantitative estimate of drug-likeness (QED) is 0.839. The summed E-state index contributed by atoms with van der Waals surface area (Å²) in [6, 6.07) is 16.4. The monoisotopic (exact) mass is 300 g/mol. The molecule has 3 heteroatoms. The molecule has 0 aliphatic carbocycles. The minimum absolute atomic E-state index is 0.100. The highest BCUT2D eigenvalue weighted by molar-refractivity contribution is 6.30. The molecule has 108 valence electrons. The number of aliphatic hydroxyl groups excluding tert-OH is 1. The molecule has 2 aromatic rings. The van der Waals surface area contributed by atoms with Gasteiger partial charge >= 0.3 is 0 Å². The Bertz CT molecular complexity index is 617. The number of carbonyl (C=O) groups excluding carboxylic acids is 1. The van der Waals surface area contributed by atoms with E-state index in [2.05, 4.69) is 0 Å². The molecule has 0 heterocycles. The standard InChI is InChI=1S/C18H17ClO2/c1-13(18(21)15-8-10-16(19)11-9-15)17(20)12-7-14-5-3-2-4-6-14/h2-13,17,20H,1H3/b12-7+/t13-,17+/m0/s1. The minimum Gasteiger partial charge on any atom is -0.388 e. The van der Waals surface area contributed by atoms with E-state index >= 15 is 0 Å². The summed E-state index contributed by atoms with van der Waals surface area (Å²) in [5.74, 6) is -0.608. The number of rotatable bonds is 5. The zero-order valence-electron chi connectivity index (χ0n) is 11.7. The van der Waals surface area contributed by atoms with Crippen molar-refractivity contribution in [3.8, 4) is 0 Å². The lowest BCUT2D eigenvalue weighted by Crippen LogP contribution is -2.23. The van der Waals surface area contributed by atoms with Gasteiger partial charge in [-0.15, -0.1) is 0 Å². The molecule has 2 rings (SSSR count). The van der Waals surface area contributed by atoms with Crippen molar-refractivity contribution in [3.63, 3.8) is 0 Å². The van der Waals surface area contributed by atoms with Gasteiger partial charge in [-0.2, -0.15) is 0 Å². The van der Waals surface area contributed by atoms with E-state index in [0.29, 0.717) is 10.6 Å². The van der Waals surface area contributed by atoms with E-state index in [1.807, 2.05) is 36.4 Å². The molecule has 0 aromatic heterocycles. The van der Waals surface area contributed by atoms with Crippen molar-refractivity contribution in [3.05, 3.63) is 76.8 Å². The molecule has 0 amide bonds. The third-order valence-corrected chi connectivity index (χ3v) is 3.59. The number of Topliss-reactive ketones (excluding diaryl/α,β-unsaturated/α-hetero) is 1. The van der Waals surface area contributed by atoms with Gasteiger partial charge in [0.15, 0.2) is 5.78 Å². The Labute approximate surface area is 129 Å². The minimum atomic E-state index is -0.826. The van der Waals surface area contributed by atoms with Gasteiger partial charge in [0, 0.05) is 16.5 Å². The normalized spacial score (nSPS) is 14.0. The number of ketones is 1. The van der Waals surface area contributed by atoms with Crippen LogP contribution in [0.1, 0.15) is 22.8 Å². The van der Waals surface area contributed by atoms with E-state index in [4.69, 9.17) is 11.6 Å². The lowest BCUT2D eigenvalue weighted by Gasteiger charge is -2.14. The second kappa shape index (κ2) is 7.21. The van der Waals surface area contributed by atoms with Gasteiger partial charge in [0.1, 0.15) is 0 Å². The lowest BCUT2D eigenvalue weighted by molar-refractivity contribution is 0.0806. The molecule has 0 aliphatic heterocycles. The molecule has 0 saturated heterocycles. The number of benzene rings is 2. The first-order chi connectivity index (χ1) is 10.1. The number of hydrogen-bond acceptors (Lipinski definition) is 2. The van der Waals surface area contributed by atoms with Gasteiger partial charge in [0.05, 0.1) is 6.10 Å². The molecule has 0 spiro atoms. The average Bonchev–Trinajstić information content (AvgIpc) is 2.53. The highest BCUT2D eigenvalue weighted by Gasteiger charge is 2.21. The molecule has 2 atom stereocenters. The molecule has 0 bridgehead atoms. The summed E-state index contributed by atoms with van der Waals surface area (Å²) >= 11 is 5.80. The number of carbonyl (C=O) groups is 1. The van der Waals surface area contributed by atoms with Crippen LogP contribution in [-0.4, -0.2) is 17.0 Å². The summed E-state index contributed by atoms with van der Waals surface area (Å²) < 4.78 is 0. The number of hydrogen-bond donors (Lipinski definition) is 1. The third-order valence-electron chi connectivity index (χ3n) is 3.34. The van der Waals surface area contributed by atoms with E-state index in [-0.39, 0.29) is 5.78 Å². The first-order valence-electron chi connectivity index (χ1n) is 6.79. The van der Waals surface area contributed by atoms with Gasteiger partial charge in [0.2, 0.25) is 0 Å². The van der Waals surface area contributed by atoms with Crippen molar-refractivity contribution in [2.45, 2.75) is 13.0 Å². The van der Waals surface area contributed by atoms with Crippen molar-refractivity contribution in [1.82, 2.24) is 0 Å². The first-order valence-corrected chi connectivity index (χ1v) is 7.17. The Balaban J connectivity index is 2.05. The Hall–Kier alpha value is -1.90. The molecule has 2 nitrogen and oxygen atoms in total. The van der Waals surface area contributed by atoms with Crippen LogP contribution in [0, 0.1) is 5.92 Å². The Kier molecular flexibility index (Phi) is 5.32. The Morgan fingerprint density at radius 3 is 2.33 bits per heavy atom. The summed E-state index contributed by atoms with van der Waals surface area (Å²) in [4.78, 5) is 12.3. The molecular weight excluding hydrogens is 284 g/mol. The van der Waals surface area contributed by atoms with Crippen LogP contribution < -0.4 is 0 Å². The lowest BCUT2D eigenvalue weighted by atomic mass is 9.94. The molecule has 0 aliphatic rings. The van der Waals surface area contributed by atoms with Gasteiger partial charge in [-0.1, -0.05) is 61.0 Å². The average molecular weight is 301 g/mol. The van der Waals surface area contributed by atoms with Gasteiger partial charge in [-0.3, -0.25) is 4.79 Å². The maximum Gasteiger partial charge on any atom is 0.168 e. The molecule has 0 fully saturated rings. The van der Waals surface area contributed by atoms with E-state index in [9.17, 15) is 9.90 Å². The van der Waals surface area contributed by atoms with Crippen molar-refractivity contribution in [1.29, 1.82) is 0 Å². The van der Waals surface area contributed by atoms with Crippen molar-refractivity contribution in [2.75, 3.05) is 0 Å². The van der Waals surface area contributed by atoms with E-state index in [1.165, 1.54) is 0 Å². The maximum absolute atomic E-state index is 12.3. The molecule has 0 unspecified atom stereocenters. The predicted molar refractivity (Wildman–Crippen MR) is 86.4 cm³/mol. The highest BCUT2D eigenvalue weighted by Crippen LogP contribution is 2.17.